The van der Waals surface area contributed by atoms with Crippen LogP contribution in [0.2, 0.25) is 0 Å². The molecule has 0 fully saturated rings. The maximum Gasteiger partial charge on any atom is 0.268 e. The van der Waals surface area contributed by atoms with E-state index in [1.807, 2.05) is 30.3 Å². The summed E-state index contributed by atoms with van der Waals surface area (Å²) < 4.78 is 0.962. The van der Waals surface area contributed by atoms with E-state index in [-0.39, 0.29) is 17.2 Å². The van der Waals surface area contributed by atoms with Gasteiger partial charge in [0.2, 0.25) is 0 Å². The van der Waals surface area contributed by atoms with E-state index in [9.17, 15) is 9.59 Å². The predicted molar refractivity (Wildman–Crippen MR) is 137 cm³/mol. The number of carbonyl (C=O) groups is 2. The molecule has 1 aromatic heterocycles. The maximum absolute atomic E-state index is 13.8. The Morgan fingerprint density at radius 3 is 2.24 bits per heavy atom. The van der Waals surface area contributed by atoms with E-state index in [1.54, 1.807) is 12.1 Å². The molecule has 2 amide bonds. The zero-order valence-corrected chi connectivity index (χ0v) is 20.1. The number of hydrogen-bond donors (Lipinski definition) is 1. The molecular formula is C28H21BrN2O2. The molecule has 162 valence electrons. The number of fused-ring (bicyclic) bond motifs is 8. The lowest BCUT2D eigenvalue weighted by Crippen LogP contribution is -2.29. The molecule has 0 bridgehead atoms. The number of hydrogen-bond acceptors (Lipinski definition) is 2. The Morgan fingerprint density at radius 2 is 1.52 bits per heavy atom. The molecule has 0 atom stereocenters. The van der Waals surface area contributed by atoms with Crippen molar-refractivity contribution in [2.24, 2.45) is 0 Å². The normalized spacial score (nSPS) is 14.1. The van der Waals surface area contributed by atoms with E-state index in [1.165, 1.54) is 4.90 Å². The quantitative estimate of drug-likeness (QED) is 0.247. The van der Waals surface area contributed by atoms with Gasteiger partial charge < -0.3 is 4.98 Å². The number of nitrogens with zero attached hydrogens (tertiary/aromatic N) is 1. The SMILES string of the molecule is CC(C)(C)c1ccc2c(c1)c1c(c3[nH]c4ccc(Br)cc4c32)C(=O)N(c2ccccc2)C1=O. The van der Waals surface area contributed by atoms with E-state index in [2.05, 4.69) is 66.0 Å². The summed E-state index contributed by atoms with van der Waals surface area (Å²) in [5.41, 5.74) is 4.18. The van der Waals surface area contributed by atoms with Crippen LogP contribution in [0.15, 0.2) is 71.2 Å². The number of carbonyl (C=O) groups excluding carboxylic acids is 2. The number of aromatic nitrogens is 1. The monoisotopic (exact) mass is 496 g/mol. The van der Waals surface area contributed by atoms with Crippen LogP contribution in [0.5, 0.6) is 0 Å². The highest BCUT2D eigenvalue weighted by Gasteiger charge is 2.41. The molecule has 0 spiro atoms. The number of amides is 2. The molecular weight excluding hydrogens is 476 g/mol. The van der Waals surface area contributed by atoms with Crippen LogP contribution in [0.4, 0.5) is 5.69 Å². The van der Waals surface area contributed by atoms with Gasteiger partial charge in [-0.1, -0.05) is 67.0 Å². The summed E-state index contributed by atoms with van der Waals surface area (Å²) in [4.78, 5) is 32.3. The molecule has 0 aliphatic carbocycles. The van der Waals surface area contributed by atoms with E-state index in [0.717, 1.165) is 37.1 Å². The van der Waals surface area contributed by atoms with Crippen molar-refractivity contribution in [1.29, 1.82) is 0 Å². The number of benzene rings is 4. The Balaban J connectivity index is 1.79. The molecule has 6 rings (SSSR count). The molecule has 0 unspecified atom stereocenters. The third-order valence-corrected chi connectivity index (χ3v) is 7.03. The fourth-order valence-electron chi connectivity index (χ4n) is 4.89. The lowest BCUT2D eigenvalue weighted by molar-refractivity contribution is 0.0927. The largest absolute Gasteiger partial charge is 0.354 e. The summed E-state index contributed by atoms with van der Waals surface area (Å²) in [7, 11) is 0. The van der Waals surface area contributed by atoms with Crippen molar-refractivity contribution in [1.82, 2.24) is 4.98 Å². The summed E-state index contributed by atoms with van der Waals surface area (Å²) in [5.74, 6) is -0.570. The summed E-state index contributed by atoms with van der Waals surface area (Å²) in [6.45, 7) is 6.46. The van der Waals surface area contributed by atoms with Crippen molar-refractivity contribution >= 4 is 66.0 Å². The van der Waals surface area contributed by atoms with Crippen molar-refractivity contribution in [2.45, 2.75) is 26.2 Å². The van der Waals surface area contributed by atoms with Crippen LogP contribution in [0, 0.1) is 0 Å². The fraction of sp³-hybridized carbons (Fsp3) is 0.143. The standard InChI is InChI=1S/C28H21BrN2O2/c1-28(2,3)15-9-11-18-19(13-15)23-24(25-22(18)20-14-16(29)10-12-21(20)30-25)27(33)31(26(23)32)17-7-5-4-6-8-17/h4-14,30H,1-3H3. The maximum atomic E-state index is 13.8. The average Bonchev–Trinajstić information content (AvgIpc) is 3.28. The van der Waals surface area contributed by atoms with E-state index in [4.69, 9.17) is 0 Å². The molecule has 2 heterocycles. The minimum atomic E-state index is -0.292. The third kappa shape index (κ3) is 2.82. The molecule has 33 heavy (non-hydrogen) atoms. The van der Waals surface area contributed by atoms with Gasteiger partial charge in [-0.25, -0.2) is 4.90 Å². The Labute approximate surface area is 199 Å². The Hall–Kier alpha value is -3.44. The predicted octanol–water partition coefficient (Wildman–Crippen LogP) is 7.33. The number of H-pyrrole nitrogens is 1. The highest BCUT2D eigenvalue weighted by Crippen LogP contribution is 2.43. The minimum absolute atomic E-state index is 0.0932. The zero-order chi connectivity index (χ0) is 23.1. The smallest absolute Gasteiger partial charge is 0.268 e. The van der Waals surface area contributed by atoms with Gasteiger partial charge >= 0.3 is 0 Å². The number of aromatic amines is 1. The van der Waals surface area contributed by atoms with Crippen LogP contribution in [0.3, 0.4) is 0 Å². The van der Waals surface area contributed by atoms with Gasteiger partial charge in [-0.2, -0.15) is 0 Å². The molecule has 5 aromatic rings. The van der Waals surface area contributed by atoms with Crippen LogP contribution in [0.25, 0.3) is 32.6 Å². The lowest BCUT2D eigenvalue weighted by atomic mass is 9.84. The number of anilines is 1. The van der Waals surface area contributed by atoms with Crippen molar-refractivity contribution in [3.63, 3.8) is 0 Å². The van der Waals surface area contributed by atoms with E-state index in [0.29, 0.717) is 22.3 Å². The fourth-order valence-corrected chi connectivity index (χ4v) is 5.25. The van der Waals surface area contributed by atoms with Crippen molar-refractivity contribution in [3.8, 4) is 0 Å². The van der Waals surface area contributed by atoms with Crippen LogP contribution in [0.1, 0.15) is 47.1 Å². The van der Waals surface area contributed by atoms with Gasteiger partial charge in [0.15, 0.2) is 0 Å². The summed E-state index contributed by atoms with van der Waals surface area (Å²) >= 11 is 3.59. The van der Waals surface area contributed by atoms with Gasteiger partial charge in [0.05, 0.1) is 22.3 Å². The highest BCUT2D eigenvalue weighted by atomic mass is 79.9. The molecule has 0 saturated heterocycles. The van der Waals surface area contributed by atoms with Crippen molar-refractivity contribution < 1.29 is 9.59 Å². The van der Waals surface area contributed by atoms with Crippen LogP contribution in [-0.4, -0.2) is 16.8 Å². The van der Waals surface area contributed by atoms with Gasteiger partial charge in [-0.05, 0) is 58.1 Å². The second-order valence-electron chi connectivity index (χ2n) is 9.61. The Bertz CT molecular complexity index is 1640. The zero-order valence-electron chi connectivity index (χ0n) is 18.5. The van der Waals surface area contributed by atoms with Crippen LogP contribution in [-0.2, 0) is 5.41 Å². The average molecular weight is 497 g/mol. The molecule has 1 aliphatic heterocycles. The van der Waals surface area contributed by atoms with Crippen molar-refractivity contribution in [3.05, 3.63) is 87.9 Å². The van der Waals surface area contributed by atoms with Crippen molar-refractivity contribution in [2.75, 3.05) is 4.90 Å². The molecule has 4 nitrogen and oxygen atoms in total. The van der Waals surface area contributed by atoms with Gasteiger partial charge in [0.1, 0.15) is 0 Å². The Kier molecular flexibility index (Phi) is 4.15. The number of halogens is 1. The summed E-state index contributed by atoms with van der Waals surface area (Å²) in [6, 6.07) is 21.5. The first kappa shape index (κ1) is 20.2. The second kappa shape index (κ2) is 6.78. The molecule has 1 aliphatic rings. The van der Waals surface area contributed by atoms with E-state index >= 15 is 0 Å². The molecule has 5 heteroatoms. The first-order valence-electron chi connectivity index (χ1n) is 10.9. The highest BCUT2D eigenvalue weighted by molar-refractivity contribution is 9.10. The van der Waals surface area contributed by atoms with Gasteiger partial charge in [-0.3, -0.25) is 9.59 Å². The number of imide groups is 1. The number of para-hydroxylation sites is 1. The molecule has 1 N–H and O–H groups in total. The number of nitrogens with one attached hydrogen (secondary N) is 1. The first-order valence-corrected chi connectivity index (χ1v) is 11.7. The van der Waals surface area contributed by atoms with Gasteiger partial charge in [-0.15, -0.1) is 0 Å². The topological polar surface area (TPSA) is 53.2 Å². The van der Waals surface area contributed by atoms with E-state index < -0.39 is 0 Å². The summed E-state index contributed by atoms with van der Waals surface area (Å²) in [5, 5.41) is 3.78. The summed E-state index contributed by atoms with van der Waals surface area (Å²) in [6.07, 6.45) is 0. The van der Waals surface area contributed by atoms with Gasteiger partial charge in [0.25, 0.3) is 11.8 Å². The lowest BCUT2D eigenvalue weighted by Gasteiger charge is -2.20. The van der Waals surface area contributed by atoms with Crippen LogP contribution < -0.4 is 4.90 Å². The third-order valence-electron chi connectivity index (χ3n) is 6.53. The first-order chi connectivity index (χ1) is 15.8. The number of rotatable bonds is 1. The second-order valence-corrected chi connectivity index (χ2v) is 10.5. The Morgan fingerprint density at radius 1 is 0.788 bits per heavy atom. The van der Waals surface area contributed by atoms with Crippen LogP contribution >= 0.6 is 15.9 Å². The molecule has 0 saturated carbocycles. The molecule has 0 radical (unpaired) electrons. The molecule has 4 aromatic carbocycles. The minimum Gasteiger partial charge on any atom is -0.354 e. The van der Waals surface area contributed by atoms with Gasteiger partial charge in [0, 0.05) is 20.8 Å².